The molecule has 2 amide bonds. The first kappa shape index (κ1) is 26.6. The number of hydrogen-bond donors (Lipinski definition) is 3. The van der Waals surface area contributed by atoms with Gasteiger partial charge in [0.15, 0.2) is 0 Å². The first-order chi connectivity index (χ1) is 18.2. The standard InChI is InChI=1S/C28H32N6O4/c1-17-14-33(25-13-22(28(38)29-4)10-11-23(17)25)18(2)27(37)32-24-12-20(15-34-19(3)30-16-31-34)8-9-21(24)6-5-7-26(35)36/h8-14,16,18H,5-7,15H2,1-4H3,(H,29,38)(H,32,37)(H,35,36). The number of carboxylic acids is 1. The van der Waals surface area contributed by atoms with Gasteiger partial charge in [0.1, 0.15) is 18.2 Å². The van der Waals surface area contributed by atoms with Gasteiger partial charge in [0.05, 0.1) is 6.54 Å². The third kappa shape index (κ3) is 5.74. The second kappa shape index (κ2) is 11.3. The van der Waals surface area contributed by atoms with E-state index in [1.807, 2.05) is 55.8 Å². The van der Waals surface area contributed by atoms with Crippen LogP contribution >= 0.6 is 0 Å². The molecule has 3 N–H and O–H groups in total. The lowest BCUT2D eigenvalue weighted by atomic mass is 10.0. The maximum atomic E-state index is 13.5. The Labute approximate surface area is 220 Å². The number of carbonyl (C=O) groups is 3. The van der Waals surface area contributed by atoms with Crippen LogP contribution in [-0.4, -0.2) is 49.3 Å². The maximum absolute atomic E-state index is 13.5. The van der Waals surface area contributed by atoms with Gasteiger partial charge in [-0.05, 0) is 68.5 Å². The largest absolute Gasteiger partial charge is 0.481 e. The highest BCUT2D eigenvalue weighted by Gasteiger charge is 2.20. The molecule has 10 nitrogen and oxygen atoms in total. The van der Waals surface area contributed by atoms with E-state index in [1.165, 1.54) is 6.33 Å². The van der Waals surface area contributed by atoms with Gasteiger partial charge in [-0.3, -0.25) is 14.4 Å². The summed E-state index contributed by atoms with van der Waals surface area (Å²) in [4.78, 5) is 40.9. The Morgan fingerprint density at radius 1 is 1.11 bits per heavy atom. The molecule has 0 radical (unpaired) electrons. The second-order valence-corrected chi connectivity index (χ2v) is 9.40. The van der Waals surface area contributed by atoms with Crippen LogP contribution in [0.15, 0.2) is 48.9 Å². The predicted octanol–water partition coefficient (Wildman–Crippen LogP) is 3.86. The third-order valence-electron chi connectivity index (χ3n) is 6.73. The molecule has 0 fully saturated rings. The van der Waals surface area contributed by atoms with E-state index in [4.69, 9.17) is 5.11 Å². The zero-order chi connectivity index (χ0) is 27.4. The van der Waals surface area contributed by atoms with E-state index in [2.05, 4.69) is 20.7 Å². The van der Waals surface area contributed by atoms with E-state index >= 15 is 0 Å². The first-order valence-electron chi connectivity index (χ1n) is 12.5. The molecular formula is C28H32N6O4. The van der Waals surface area contributed by atoms with Crippen LogP contribution in [0.3, 0.4) is 0 Å². The van der Waals surface area contributed by atoms with E-state index in [-0.39, 0.29) is 18.2 Å². The summed E-state index contributed by atoms with van der Waals surface area (Å²) in [6.45, 7) is 6.15. The number of aliphatic carboxylic acids is 1. The molecular weight excluding hydrogens is 484 g/mol. The van der Waals surface area contributed by atoms with Gasteiger partial charge in [-0.15, -0.1) is 0 Å². The van der Waals surface area contributed by atoms with Crippen LogP contribution in [0.1, 0.15) is 58.7 Å². The van der Waals surface area contributed by atoms with Crippen LogP contribution in [-0.2, 0) is 22.6 Å². The predicted molar refractivity (Wildman–Crippen MR) is 144 cm³/mol. The molecule has 0 aliphatic heterocycles. The number of nitrogens with zero attached hydrogens (tertiary/aromatic N) is 4. The fourth-order valence-corrected chi connectivity index (χ4v) is 4.53. The molecule has 0 bridgehead atoms. The highest BCUT2D eigenvalue weighted by atomic mass is 16.4. The van der Waals surface area contributed by atoms with Crippen molar-refractivity contribution in [2.24, 2.45) is 0 Å². The van der Waals surface area contributed by atoms with Crippen molar-refractivity contribution in [3.8, 4) is 0 Å². The van der Waals surface area contributed by atoms with Gasteiger partial charge in [-0.1, -0.05) is 18.2 Å². The number of carboxylic acid groups (broad SMARTS) is 1. The summed E-state index contributed by atoms with van der Waals surface area (Å²) in [5.41, 5.74) is 4.75. The average molecular weight is 517 g/mol. The van der Waals surface area contributed by atoms with Gasteiger partial charge in [0.2, 0.25) is 5.91 Å². The number of anilines is 1. The van der Waals surface area contributed by atoms with Crippen LogP contribution in [0.25, 0.3) is 10.9 Å². The molecule has 2 aromatic carbocycles. The highest BCUT2D eigenvalue weighted by molar-refractivity contribution is 6.00. The van der Waals surface area contributed by atoms with Crippen molar-refractivity contribution < 1.29 is 19.5 Å². The smallest absolute Gasteiger partial charge is 0.303 e. The number of amides is 2. The molecule has 0 saturated carbocycles. The van der Waals surface area contributed by atoms with Crippen LogP contribution < -0.4 is 10.6 Å². The van der Waals surface area contributed by atoms with Crippen molar-refractivity contribution in [1.82, 2.24) is 24.6 Å². The summed E-state index contributed by atoms with van der Waals surface area (Å²) in [6, 6.07) is 10.7. The van der Waals surface area contributed by atoms with Crippen LogP contribution in [0.2, 0.25) is 0 Å². The summed E-state index contributed by atoms with van der Waals surface area (Å²) in [5, 5.41) is 20.0. The molecule has 4 rings (SSSR count). The zero-order valence-corrected chi connectivity index (χ0v) is 22.0. The van der Waals surface area contributed by atoms with Crippen molar-refractivity contribution in [2.45, 2.75) is 52.6 Å². The minimum absolute atomic E-state index is 0.0476. The van der Waals surface area contributed by atoms with E-state index in [0.717, 1.165) is 33.4 Å². The first-order valence-corrected chi connectivity index (χ1v) is 12.5. The molecule has 1 unspecified atom stereocenters. The number of aromatic nitrogens is 4. The molecule has 198 valence electrons. The molecule has 2 heterocycles. The number of fused-ring (bicyclic) bond motifs is 1. The summed E-state index contributed by atoms with van der Waals surface area (Å²) >= 11 is 0. The van der Waals surface area contributed by atoms with Gasteiger partial charge in [0.25, 0.3) is 5.91 Å². The van der Waals surface area contributed by atoms with Crippen LogP contribution in [0.4, 0.5) is 5.69 Å². The lowest BCUT2D eigenvalue weighted by molar-refractivity contribution is -0.137. The normalized spacial score (nSPS) is 11.9. The van der Waals surface area contributed by atoms with Crippen molar-refractivity contribution in [3.63, 3.8) is 0 Å². The zero-order valence-electron chi connectivity index (χ0n) is 22.0. The Morgan fingerprint density at radius 2 is 1.89 bits per heavy atom. The minimum atomic E-state index is -0.853. The Balaban J connectivity index is 1.63. The van der Waals surface area contributed by atoms with E-state index < -0.39 is 12.0 Å². The van der Waals surface area contributed by atoms with Gasteiger partial charge < -0.3 is 20.3 Å². The number of aryl methyl sites for hydroxylation is 3. The summed E-state index contributed by atoms with van der Waals surface area (Å²) in [5.74, 6) is -0.491. The molecule has 0 aliphatic rings. The van der Waals surface area contributed by atoms with E-state index in [0.29, 0.717) is 30.6 Å². The fraction of sp³-hybridized carbons (Fsp3) is 0.321. The highest BCUT2D eigenvalue weighted by Crippen LogP contribution is 2.27. The van der Waals surface area contributed by atoms with Crippen molar-refractivity contribution in [1.29, 1.82) is 0 Å². The molecule has 10 heteroatoms. The van der Waals surface area contributed by atoms with E-state index in [9.17, 15) is 14.4 Å². The number of hydrogen-bond acceptors (Lipinski definition) is 5. The lowest BCUT2D eigenvalue weighted by Gasteiger charge is -2.18. The molecule has 1 atom stereocenters. The molecule has 0 spiro atoms. The summed E-state index contributed by atoms with van der Waals surface area (Å²) < 4.78 is 3.64. The third-order valence-corrected chi connectivity index (χ3v) is 6.73. The Morgan fingerprint density at radius 3 is 2.58 bits per heavy atom. The number of nitrogens with one attached hydrogen (secondary N) is 2. The lowest BCUT2D eigenvalue weighted by Crippen LogP contribution is -2.24. The Kier molecular flexibility index (Phi) is 7.90. The van der Waals surface area contributed by atoms with E-state index in [1.54, 1.807) is 23.9 Å². The molecule has 38 heavy (non-hydrogen) atoms. The second-order valence-electron chi connectivity index (χ2n) is 9.40. The quantitative estimate of drug-likeness (QED) is 0.293. The van der Waals surface area contributed by atoms with Gasteiger partial charge in [-0.2, -0.15) is 5.10 Å². The number of carbonyl (C=O) groups excluding carboxylic acids is 2. The van der Waals surface area contributed by atoms with Crippen LogP contribution in [0.5, 0.6) is 0 Å². The van der Waals surface area contributed by atoms with Crippen LogP contribution in [0, 0.1) is 13.8 Å². The van der Waals surface area contributed by atoms with Crippen molar-refractivity contribution >= 4 is 34.4 Å². The van der Waals surface area contributed by atoms with Gasteiger partial charge in [0, 0.05) is 41.8 Å². The number of rotatable bonds is 10. The van der Waals surface area contributed by atoms with Gasteiger partial charge in [-0.25, -0.2) is 9.67 Å². The SMILES string of the molecule is CNC(=O)c1ccc2c(C)cn(C(C)C(=O)Nc3cc(Cn4ncnc4C)ccc3CCCC(=O)O)c2c1. The summed E-state index contributed by atoms with van der Waals surface area (Å²) in [7, 11) is 1.58. The molecule has 4 aromatic rings. The maximum Gasteiger partial charge on any atom is 0.303 e. The Hall–Kier alpha value is -4.47. The topological polar surface area (TPSA) is 131 Å². The van der Waals surface area contributed by atoms with Crippen molar-refractivity contribution in [3.05, 3.63) is 77.0 Å². The van der Waals surface area contributed by atoms with Gasteiger partial charge >= 0.3 is 5.97 Å². The fourth-order valence-electron chi connectivity index (χ4n) is 4.53. The van der Waals surface area contributed by atoms with Crippen molar-refractivity contribution in [2.75, 3.05) is 12.4 Å². The molecule has 0 saturated heterocycles. The number of benzene rings is 2. The molecule has 2 aromatic heterocycles. The monoisotopic (exact) mass is 516 g/mol. The average Bonchev–Trinajstić information content (AvgIpc) is 3.45. The minimum Gasteiger partial charge on any atom is -0.481 e. The Bertz CT molecular complexity index is 1500. The molecule has 0 aliphatic carbocycles. The summed E-state index contributed by atoms with van der Waals surface area (Å²) in [6.07, 6.45) is 4.43.